The van der Waals surface area contributed by atoms with E-state index in [0.29, 0.717) is 30.2 Å². The highest BCUT2D eigenvalue weighted by atomic mass is 16.5. The molecule has 0 saturated carbocycles. The number of rotatable bonds is 7. The third kappa shape index (κ3) is 4.66. The maximum Gasteiger partial charge on any atom is 0.251 e. The molecule has 1 fully saturated rings. The smallest absolute Gasteiger partial charge is 0.251 e. The number of hydrogen-bond donors (Lipinski definition) is 3. The van der Waals surface area contributed by atoms with Crippen LogP contribution in [0.25, 0.3) is 10.9 Å². The summed E-state index contributed by atoms with van der Waals surface area (Å²) in [4.78, 5) is 24.3. The van der Waals surface area contributed by atoms with Gasteiger partial charge in [-0.15, -0.1) is 0 Å². The fourth-order valence-corrected chi connectivity index (χ4v) is 6.12. The van der Waals surface area contributed by atoms with Gasteiger partial charge in [-0.1, -0.05) is 0 Å². The Bertz CT molecular complexity index is 1010. The minimum Gasteiger partial charge on any atom is -0.396 e. The summed E-state index contributed by atoms with van der Waals surface area (Å²) in [5, 5.41) is 17.0. The lowest BCUT2D eigenvalue weighted by molar-refractivity contribution is -0.121. The average Bonchev–Trinajstić information content (AvgIpc) is 3.15. The first kappa shape index (κ1) is 23.8. The molecule has 0 spiro atoms. The van der Waals surface area contributed by atoms with E-state index in [4.69, 9.17) is 4.74 Å². The van der Waals surface area contributed by atoms with Crippen molar-refractivity contribution in [1.29, 1.82) is 0 Å². The minimum absolute atomic E-state index is 0.0118. The number of nitrogens with one attached hydrogen (secondary N) is 2. The lowest BCUT2D eigenvalue weighted by Crippen LogP contribution is -2.33. The third-order valence-corrected chi connectivity index (χ3v) is 7.97. The number of amides is 2. The largest absolute Gasteiger partial charge is 0.396 e. The molecule has 1 aromatic carbocycles. The molecule has 180 valence electrons. The Hall–Kier alpha value is -2.38. The maximum absolute atomic E-state index is 12.3. The number of ether oxygens (including phenoxy) is 1. The van der Waals surface area contributed by atoms with Gasteiger partial charge in [-0.05, 0) is 73.6 Å². The zero-order valence-electron chi connectivity index (χ0n) is 20.0. The predicted octanol–water partition coefficient (Wildman–Crippen LogP) is 2.75. The second kappa shape index (κ2) is 10.3. The number of aliphatic hydroxyl groups is 1. The molecule has 2 aromatic rings. The topological polar surface area (TPSA) is 92.6 Å². The summed E-state index contributed by atoms with van der Waals surface area (Å²) >= 11 is 0. The van der Waals surface area contributed by atoms with Crippen molar-refractivity contribution >= 4 is 22.7 Å². The molecular weight excluding hydrogens is 418 g/mol. The van der Waals surface area contributed by atoms with Crippen LogP contribution < -0.4 is 10.6 Å². The molecule has 0 radical (unpaired) electrons. The fourth-order valence-electron chi connectivity index (χ4n) is 6.12. The van der Waals surface area contributed by atoms with Crippen LogP contribution in [0.5, 0.6) is 0 Å². The Morgan fingerprint density at radius 1 is 1.18 bits per heavy atom. The molecule has 1 aliphatic heterocycles. The Kier molecular flexibility index (Phi) is 7.39. The molecule has 4 rings (SSSR count). The highest BCUT2D eigenvalue weighted by Crippen LogP contribution is 2.48. The first-order chi connectivity index (χ1) is 16.0. The van der Waals surface area contributed by atoms with Crippen LogP contribution in [0, 0.1) is 17.8 Å². The molecule has 33 heavy (non-hydrogen) atoms. The van der Waals surface area contributed by atoms with Crippen LogP contribution in [0.2, 0.25) is 0 Å². The first-order valence-electron chi connectivity index (χ1n) is 12.2. The van der Waals surface area contributed by atoms with E-state index in [1.165, 1.54) is 11.3 Å². The monoisotopic (exact) mass is 455 g/mol. The van der Waals surface area contributed by atoms with Gasteiger partial charge in [0.1, 0.15) is 0 Å². The van der Waals surface area contributed by atoms with Gasteiger partial charge in [-0.25, -0.2) is 0 Å². The number of carbonyl (C=O) groups excluding carboxylic acids is 2. The lowest BCUT2D eigenvalue weighted by Gasteiger charge is -2.39. The number of aryl methyl sites for hydroxylation is 1. The van der Waals surface area contributed by atoms with Gasteiger partial charge in [0, 0.05) is 75.5 Å². The lowest BCUT2D eigenvalue weighted by atomic mass is 9.67. The van der Waals surface area contributed by atoms with Crippen LogP contribution in [0.1, 0.15) is 59.6 Å². The van der Waals surface area contributed by atoms with Gasteiger partial charge in [0.05, 0.1) is 0 Å². The van der Waals surface area contributed by atoms with Crippen molar-refractivity contribution in [3.63, 3.8) is 0 Å². The van der Waals surface area contributed by atoms with E-state index in [1.54, 1.807) is 14.1 Å². The van der Waals surface area contributed by atoms with Crippen molar-refractivity contribution in [2.45, 2.75) is 44.4 Å². The fraction of sp³-hybridized carbons (Fsp3) is 0.615. The summed E-state index contributed by atoms with van der Waals surface area (Å²) in [5.74, 6) is 1.24. The van der Waals surface area contributed by atoms with E-state index in [2.05, 4.69) is 22.2 Å². The van der Waals surface area contributed by atoms with Crippen LogP contribution in [-0.2, 0) is 23.0 Å². The number of aliphatic hydroxyl groups excluding tert-OH is 1. The van der Waals surface area contributed by atoms with E-state index in [1.807, 2.05) is 18.2 Å². The van der Waals surface area contributed by atoms with Gasteiger partial charge < -0.3 is 25.0 Å². The normalized spacial score (nSPS) is 22.1. The van der Waals surface area contributed by atoms with Crippen molar-refractivity contribution in [3.8, 4) is 0 Å². The zero-order valence-corrected chi connectivity index (χ0v) is 20.0. The summed E-state index contributed by atoms with van der Waals surface area (Å²) in [6, 6.07) is 5.94. The number of hydrogen-bond acceptors (Lipinski definition) is 4. The molecule has 2 amide bonds. The number of nitrogens with zero attached hydrogens (tertiary/aromatic N) is 1. The van der Waals surface area contributed by atoms with Crippen LogP contribution in [0.4, 0.5) is 0 Å². The van der Waals surface area contributed by atoms with Gasteiger partial charge in [-0.3, -0.25) is 9.59 Å². The Morgan fingerprint density at radius 2 is 1.94 bits per heavy atom. The average molecular weight is 456 g/mol. The van der Waals surface area contributed by atoms with Gasteiger partial charge in [0.15, 0.2) is 0 Å². The van der Waals surface area contributed by atoms with Crippen molar-refractivity contribution in [2.24, 2.45) is 24.8 Å². The van der Waals surface area contributed by atoms with E-state index < -0.39 is 0 Å². The van der Waals surface area contributed by atoms with Crippen LogP contribution in [0.15, 0.2) is 18.2 Å². The molecule has 1 saturated heterocycles. The van der Waals surface area contributed by atoms with Crippen molar-refractivity contribution in [3.05, 3.63) is 35.0 Å². The van der Waals surface area contributed by atoms with Crippen LogP contribution in [-0.4, -0.2) is 55.4 Å². The SMILES string of the molecule is CNC(=O)CC[C@H](CO)C1CC(C2CCOCC2)Cc2c1n(C)c1ccc(C(=O)NC)cc21. The van der Waals surface area contributed by atoms with Gasteiger partial charge >= 0.3 is 0 Å². The Morgan fingerprint density at radius 3 is 2.61 bits per heavy atom. The molecule has 2 aliphatic rings. The van der Waals surface area contributed by atoms with Gasteiger partial charge in [-0.2, -0.15) is 0 Å². The zero-order chi connectivity index (χ0) is 23.5. The number of carbonyl (C=O) groups is 2. The Labute approximate surface area is 195 Å². The summed E-state index contributed by atoms with van der Waals surface area (Å²) in [6.45, 7) is 1.69. The number of benzene rings is 1. The number of aromatic nitrogens is 1. The summed E-state index contributed by atoms with van der Waals surface area (Å²) in [7, 11) is 5.41. The molecule has 2 unspecified atom stereocenters. The minimum atomic E-state index is -0.0818. The molecule has 3 N–H and O–H groups in total. The molecule has 7 heteroatoms. The summed E-state index contributed by atoms with van der Waals surface area (Å²) in [5.41, 5.74) is 4.36. The van der Waals surface area contributed by atoms with Crippen LogP contribution >= 0.6 is 0 Å². The van der Waals surface area contributed by atoms with Crippen molar-refractivity contribution in [2.75, 3.05) is 33.9 Å². The molecule has 1 aromatic heterocycles. The molecule has 0 bridgehead atoms. The van der Waals surface area contributed by atoms with E-state index in [0.717, 1.165) is 49.8 Å². The molecule has 3 atom stereocenters. The molecule has 7 nitrogen and oxygen atoms in total. The quantitative estimate of drug-likeness (QED) is 0.599. The molecular formula is C26H37N3O4. The standard InChI is InChI=1S/C26H37N3O4/c1-27-24(31)7-5-18(15-30)20-13-19(16-8-10-33-11-9-16)14-22-21-12-17(26(32)28-2)4-6-23(21)29(3)25(20)22/h4,6,12,16,18-20,30H,5,7-11,13-15H2,1-3H3,(H,27,31)(H,28,32)/t18-,19?,20?/m1/s1. The number of fused-ring (bicyclic) bond motifs is 3. The highest BCUT2D eigenvalue weighted by Gasteiger charge is 2.39. The van der Waals surface area contributed by atoms with Crippen LogP contribution in [0.3, 0.4) is 0 Å². The molecule has 1 aliphatic carbocycles. The second-order valence-electron chi connectivity index (χ2n) is 9.64. The highest BCUT2D eigenvalue weighted by molar-refractivity contribution is 5.99. The van der Waals surface area contributed by atoms with E-state index in [-0.39, 0.29) is 30.3 Å². The first-order valence-corrected chi connectivity index (χ1v) is 12.2. The summed E-state index contributed by atoms with van der Waals surface area (Å²) in [6.07, 6.45) is 5.22. The van der Waals surface area contributed by atoms with Gasteiger partial charge in [0.2, 0.25) is 5.91 Å². The Balaban J connectivity index is 1.78. The second-order valence-corrected chi connectivity index (χ2v) is 9.64. The molecule has 2 heterocycles. The maximum atomic E-state index is 12.3. The van der Waals surface area contributed by atoms with Crippen molar-refractivity contribution < 1.29 is 19.4 Å². The van der Waals surface area contributed by atoms with Crippen molar-refractivity contribution in [1.82, 2.24) is 15.2 Å². The van der Waals surface area contributed by atoms with E-state index in [9.17, 15) is 14.7 Å². The predicted molar refractivity (Wildman–Crippen MR) is 128 cm³/mol. The third-order valence-electron chi connectivity index (χ3n) is 7.97. The van der Waals surface area contributed by atoms with Gasteiger partial charge in [0.25, 0.3) is 5.91 Å². The van der Waals surface area contributed by atoms with E-state index >= 15 is 0 Å². The summed E-state index contributed by atoms with van der Waals surface area (Å²) < 4.78 is 7.88.